The van der Waals surface area contributed by atoms with Gasteiger partial charge in [0.1, 0.15) is 17.5 Å². The van der Waals surface area contributed by atoms with Crippen molar-refractivity contribution in [3.63, 3.8) is 0 Å². The van der Waals surface area contributed by atoms with Crippen molar-refractivity contribution in [1.82, 2.24) is 0 Å². The average Bonchev–Trinajstić information content (AvgIpc) is 2.58. The van der Waals surface area contributed by atoms with Gasteiger partial charge in [-0.3, -0.25) is 4.79 Å². The third-order valence-corrected chi connectivity index (χ3v) is 3.71. The molecular weight excluding hydrogens is 327 g/mol. The molecule has 0 radical (unpaired) electrons. The Balaban J connectivity index is 1.85. The maximum atomic E-state index is 14.3. The van der Waals surface area contributed by atoms with Crippen LogP contribution >= 0.6 is 0 Å². The smallest absolute Gasteiger partial charge is 0.228 e. The molecule has 0 spiro atoms. The van der Waals surface area contributed by atoms with Gasteiger partial charge in [0.05, 0.1) is 6.42 Å². The lowest BCUT2D eigenvalue weighted by Gasteiger charge is -2.11. The van der Waals surface area contributed by atoms with Gasteiger partial charge in [0, 0.05) is 11.3 Å². The van der Waals surface area contributed by atoms with E-state index in [4.69, 9.17) is 0 Å². The van der Waals surface area contributed by atoms with Gasteiger partial charge in [-0.15, -0.1) is 0 Å². The SMILES string of the molecule is O=C(Cc1cccc(F)c1-c1ccc(F)cc1)Nc1ccc(F)cc1. The third-order valence-electron chi connectivity index (χ3n) is 3.71. The van der Waals surface area contributed by atoms with Crippen molar-refractivity contribution in [2.75, 3.05) is 5.32 Å². The summed E-state index contributed by atoms with van der Waals surface area (Å²) in [6.07, 6.45) is -0.0676. The van der Waals surface area contributed by atoms with Crippen LogP contribution in [-0.2, 0) is 11.2 Å². The lowest BCUT2D eigenvalue weighted by Crippen LogP contribution is -2.15. The zero-order valence-electron chi connectivity index (χ0n) is 13.1. The molecule has 0 heterocycles. The first-order valence-corrected chi connectivity index (χ1v) is 7.61. The van der Waals surface area contributed by atoms with Gasteiger partial charge < -0.3 is 5.32 Å². The van der Waals surface area contributed by atoms with Crippen LogP contribution < -0.4 is 5.32 Å². The van der Waals surface area contributed by atoms with Gasteiger partial charge in [-0.25, -0.2) is 13.2 Å². The fourth-order valence-electron chi connectivity index (χ4n) is 2.57. The van der Waals surface area contributed by atoms with Crippen LogP contribution in [0.2, 0.25) is 0 Å². The molecule has 3 aromatic rings. The van der Waals surface area contributed by atoms with E-state index in [9.17, 15) is 18.0 Å². The second-order valence-corrected chi connectivity index (χ2v) is 5.51. The molecule has 3 rings (SSSR count). The first-order chi connectivity index (χ1) is 12.0. The molecule has 0 bridgehead atoms. The quantitative estimate of drug-likeness (QED) is 0.714. The predicted molar refractivity (Wildman–Crippen MR) is 90.5 cm³/mol. The first kappa shape index (κ1) is 16.8. The van der Waals surface area contributed by atoms with Crippen LogP contribution in [0, 0.1) is 17.5 Å². The van der Waals surface area contributed by atoms with Crippen molar-refractivity contribution in [3.05, 3.63) is 89.7 Å². The minimum Gasteiger partial charge on any atom is -0.326 e. The van der Waals surface area contributed by atoms with Crippen LogP contribution in [0.1, 0.15) is 5.56 Å². The van der Waals surface area contributed by atoms with E-state index in [0.717, 1.165) is 0 Å². The van der Waals surface area contributed by atoms with Crippen LogP contribution in [0.15, 0.2) is 66.7 Å². The van der Waals surface area contributed by atoms with Crippen molar-refractivity contribution in [2.45, 2.75) is 6.42 Å². The minimum absolute atomic E-state index is 0.0676. The normalized spacial score (nSPS) is 10.5. The molecule has 0 aliphatic heterocycles. The van der Waals surface area contributed by atoms with E-state index < -0.39 is 17.5 Å². The van der Waals surface area contributed by atoms with E-state index in [-0.39, 0.29) is 17.9 Å². The van der Waals surface area contributed by atoms with Crippen molar-refractivity contribution in [3.8, 4) is 11.1 Å². The zero-order chi connectivity index (χ0) is 17.8. The Kier molecular flexibility index (Phi) is 4.84. The molecule has 3 aromatic carbocycles. The van der Waals surface area contributed by atoms with Crippen molar-refractivity contribution in [1.29, 1.82) is 0 Å². The number of amides is 1. The molecule has 25 heavy (non-hydrogen) atoms. The molecule has 5 heteroatoms. The summed E-state index contributed by atoms with van der Waals surface area (Å²) in [6.45, 7) is 0. The molecule has 1 N–H and O–H groups in total. The van der Waals surface area contributed by atoms with Crippen LogP contribution in [-0.4, -0.2) is 5.91 Å². The number of hydrogen-bond acceptors (Lipinski definition) is 1. The lowest BCUT2D eigenvalue weighted by molar-refractivity contribution is -0.115. The van der Waals surface area contributed by atoms with Gasteiger partial charge in [0.15, 0.2) is 0 Å². The maximum absolute atomic E-state index is 14.3. The number of rotatable bonds is 4. The Morgan fingerprint density at radius 3 is 2.04 bits per heavy atom. The summed E-state index contributed by atoms with van der Waals surface area (Å²) in [6, 6.07) is 15.2. The summed E-state index contributed by atoms with van der Waals surface area (Å²) in [5.74, 6) is -1.67. The fourth-order valence-corrected chi connectivity index (χ4v) is 2.57. The van der Waals surface area contributed by atoms with Gasteiger partial charge in [0.25, 0.3) is 0 Å². The number of carbonyl (C=O) groups is 1. The molecule has 0 saturated heterocycles. The predicted octanol–water partition coefficient (Wildman–Crippen LogP) is 4.95. The molecule has 126 valence electrons. The molecule has 2 nitrogen and oxygen atoms in total. The van der Waals surface area contributed by atoms with E-state index >= 15 is 0 Å². The monoisotopic (exact) mass is 341 g/mol. The summed E-state index contributed by atoms with van der Waals surface area (Å²) < 4.78 is 40.3. The largest absolute Gasteiger partial charge is 0.326 e. The van der Waals surface area contributed by atoms with Crippen molar-refractivity contribution >= 4 is 11.6 Å². The maximum Gasteiger partial charge on any atom is 0.228 e. The average molecular weight is 341 g/mol. The Hall–Kier alpha value is -3.08. The number of benzene rings is 3. The number of anilines is 1. The Labute approximate surface area is 142 Å². The summed E-state index contributed by atoms with van der Waals surface area (Å²) in [5.41, 5.74) is 1.68. The van der Waals surface area contributed by atoms with E-state index in [0.29, 0.717) is 16.8 Å². The number of hydrogen-bond donors (Lipinski definition) is 1. The molecule has 0 aliphatic rings. The van der Waals surface area contributed by atoms with Crippen molar-refractivity contribution in [2.24, 2.45) is 0 Å². The standard InChI is InChI=1S/C20H14F3NO/c21-15-6-4-13(5-7-15)20-14(2-1-3-18(20)23)12-19(25)24-17-10-8-16(22)9-11-17/h1-11H,12H2,(H,24,25). The second-order valence-electron chi connectivity index (χ2n) is 5.51. The highest BCUT2D eigenvalue weighted by molar-refractivity contribution is 5.93. The van der Waals surface area contributed by atoms with Crippen LogP contribution in [0.3, 0.4) is 0 Å². The van der Waals surface area contributed by atoms with E-state index in [1.165, 1.54) is 60.7 Å². The van der Waals surface area contributed by atoms with E-state index in [2.05, 4.69) is 5.32 Å². The molecular formula is C20H14F3NO. The number of halogens is 3. The summed E-state index contributed by atoms with van der Waals surface area (Å²) in [5, 5.41) is 2.64. The van der Waals surface area contributed by atoms with E-state index in [1.807, 2.05) is 0 Å². The molecule has 0 fully saturated rings. The van der Waals surface area contributed by atoms with Crippen LogP contribution in [0.4, 0.5) is 18.9 Å². The van der Waals surface area contributed by atoms with Gasteiger partial charge in [-0.2, -0.15) is 0 Å². The summed E-state index contributed by atoms with van der Waals surface area (Å²) in [4.78, 5) is 12.2. The molecule has 0 aliphatic carbocycles. The van der Waals surface area contributed by atoms with Crippen LogP contribution in [0.25, 0.3) is 11.1 Å². The van der Waals surface area contributed by atoms with Gasteiger partial charge in [-0.05, 0) is 53.6 Å². The highest BCUT2D eigenvalue weighted by Gasteiger charge is 2.14. The third kappa shape index (κ3) is 4.07. The summed E-state index contributed by atoms with van der Waals surface area (Å²) in [7, 11) is 0. The molecule has 1 amide bonds. The second kappa shape index (κ2) is 7.21. The molecule has 0 saturated carbocycles. The fraction of sp³-hybridized carbons (Fsp3) is 0.0500. The lowest BCUT2D eigenvalue weighted by atomic mass is 9.96. The molecule has 0 aromatic heterocycles. The van der Waals surface area contributed by atoms with Crippen molar-refractivity contribution < 1.29 is 18.0 Å². The Bertz CT molecular complexity index is 890. The highest BCUT2D eigenvalue weighted by Crippen LogP contribution is 2.27. The first-order valence-electron chi connectivity index (χ1n) is 7.61. The van der Waals surface area contributed by atoms with Gasteiger partial charge in [-0.1, -0.05) is 24.3 Å². The molecule has 0 atom stereocenters. The Morgan fingerprint density at radius 1 is 0.800 bits per heavy atom. The molecule has 0 unspecified atom stereocenters. The number of carbonyl (C=O) groups excluding carboxylic acids is 1. The topological polar surface area (TPSA) is 29.1 Å². The van der Waals surface area contributed by atoms with Gasteiger partial charge in [0.2, 0.25) is 5.91 Å². The zero-order valence-corrected chi connectivity index (χ0v) is 13.1. The minimum atomic E-state index is -0.487. The Morgan fingerprint density at radius 2 is 1.40 bits per heavy atom. The van der Waals surface area contributed by atoms with Gasteiger partial charge >= 0.3 is 0 Å². The van der Waals surface area contributed by atoms with Crippen LogP contribution in [0.5, 0.6) is 0 Å². The number of nitrogens with one attached hydrogen (secondary N) is 1. The van der Waals surface area contributed by atoms with E-state index in [1.54, 1.807) is 6.07 Å². The summed E-state index contributed by atoms with van der Waals surface area (Å²) >= 11 is 0. The highest BCUT2D eigenvalue weighted by atomic mass is 19.1.